The van der Waals surface area contributed by atoms with Gasteiger partial charge in [-0.05, 0) is 20.8 Å². The summed E-state index contributed by atoms with van der Waals surface area (Å²) in [6.45, 7) is 4.69. The molecule has 2 rings (SSSR count). The number of nitrogens with zero attached hydrogens (tertiary/aromatic N) is 2. The van der Waals surface area contributed by atoms with Crippen molar-refractivity contribution in [2.75, 3.05) is 5.01 Å². The van der Waals surface area contributed by atoms with Crippen molar-refractivity contribution < 1.29 is 36.7 Å². The van der Waals surface area contributed by atoms with E-state index in [1.807, 2.05) is 0 Å². The van der Waals surface area contributed by atoms with Crippen LogP contribution < -0.4 is 10.3 Å². The van der Waals surface area contributed by atoms with E-state index in [2.05, 4.69) is 10.4 Å². The molecule has 11 heteroatoms. The van der Waals surface area contributed by atoms with E-state index in [0.29, 0.717) is 0 Å². The average molecular weight is 403 g/mol. The maximum Gasteiger partial charge on any atom is 0.355 e. The highest BCUT2D eigenvalue weighted by molar-refractivity contribution is 6.38. The minimum Gasteiger partial charge on any atom is -0.448 e. The van der Waals surface area contributed by atoms with Crippen LogP contribution in [0.2, 0.25) is 0 Å². The largest absolute Gasteiger partial charge is 0.448 e. The van der Waals surface area contributed by atoms with Crippen LogP contribution in [-0.2, 0) is 19.1 Å². The van der Waals surface area contributed by atoms with Gasteiger partial charge >= 0.3 is 5.97 Å². The molecule has 1 aliphatic rings. The Morgan fingerprint density at radius 1 is 1.11 bits per heavy atom. The molecule has 152 valence electrons. The van der Waals surface area contributed by atoms with Gasteiger partial charge in [-0.25, -0.2) is 22.4 Å². The number of ether oxygens (including phenoxy) is 1. The fourth-order valence-electron chi connectivity index (χ4n) is 2.31. The predicted molar refractivity (Wildman–Crippen MR) is 89.3 cm³/mol. The van der Waals surface area contributed by atoms with Gasteiger partial charge in [0.05, 0.1) is 0 Å². The fourth-order valence-corrected chi connectivity index (χ4v) is 2.31. The van der Waals surface area contributed by atoms with Gasteiger partial charge in [0, 0.05) is 24.9 Å². The number of carbonyl (C=O) groups excluding carboxylic acids is 3. The van der Waals surface area contributed by atoms with Crippen LogP contribution in [-0.4, -0.2) is 35.6 Å². The maximum absolute atomic E-state index is 14.0. The number of hydrazone groups is 1. The Morgan fingerprint density at radius 3 is 2.21 bits per heavy atom. The summed E-state index contributed by atoms with van der Waals surface area (Å²) in [7, 11) is 0. The van der Waals surface area contributed by atoms with Crippen LogP contribution in [0.15, 0.2) is 11.2 Å². The van der Waals surface area contributed by atoms with Crippen LogP contribution in [0.25, 0.3) is 0 Å². The summed E-state index contributed by atoms with van der Waals surface area (Å²) < 4.78 is 59.7. The standard InChI is InChI=1S/C17H17F4N3O4/c1-7(2)22-16(26)8(3)28-17(27)11-4-5-12(25)24(23-11)15-13(20)9(18)6-10(19)14(15)21/h6-8H,4-5H2,1-3H3,(H,22,26)/t8-/m1/s1. The zero-order chi connectivity index (χ0) is 21.2. The summed E-state index contributed by atoms with van der Waals surface area (Å²) in [6.07, 6.45) is -1.87. The Hall–Kier alpha value is -2.98. The number of hydrogen-bond acceptors (Lipinski definition) is 5. The van der Waals surface area contributed by atoms with Gasteiger partial charge in [-0.1, -0.05) is 0 Å². The Morgan fingerprint density at radius 2 is 1.68 bits per heavy atom. The van der Waals surface area contributed by atoms with Crippen molar-refractivity contribution in [1.29, 1.82) is 0 Å². The molecule has 0 unspecified atom stereocenters. The molecule has 0 spiro atoms. The third-order valence-corrected chi connectivity index (χ3v) is 3.65. The molecule has 1 aliphatic heterocycles. The molecule has 28 heavy (non-hydrogen) atoms. The molecule has 0 radical (unpaired) electrons. The molecule has 0 aromatic heterocycles. The van der Waals surface area contributed by atoms with E-state index in [4.69, 9.17) is 4.74 Å². The summed E-state index contributed by atoms with van der Waals surface area (Å²) in [5, 5.41) is 6.09. The molecular formula is C17H17F4N3O4. The fraction of sp³-hybridized carbons (Fsp3) is 0.412. The molecule has 0 bridgehead atoms. The molecule has 1 aromatic rings. The number of esters is 1. The first-order valence-corrected chi connectivity index (χ1v) is 8.27. The number of carbonyl (C=O) groups is 3. The SMILES string of the molecule is CC(C)NC(=O)[C@@H](C)OC(=O)C1=NN(c2c(F)c(F)cc(F)c2F)C(=O)CC1. The summed E-state index contributed by atoms with van der Waals surface area (Å²) in [5.74, 6) is -9.81. The van der Waals surface area contributed by atoms with Crippen LogP contribution in [0.3, 0.4) is 0 Å². The van der Waals surface area contributed by atoms with E-state index in [1.165, 1.54) is 6.92 Å². The lowest BCUT2D eigenvalue weighted by molar-refractivity contribution is -0.149. The lowest BCUT2D eigenvalue weighted by atomic mass is 10.1. The zero-order valence-electron chi connectivity index (χ0n) is 15.2. The third kappa shape index (κ3) is 4.46. The van der Waals surface area contributed by atoms with Crippen LogP contribution in [0.4, 0.5) is 23.2 Å². The van der Waals surface area contributed by atoms with Crippen molar-refractivity contribution in [2.45, 2.75) is 45.8 Å². The minimum atomic E-state index is -1.84. The third-order valence-electron chi connectivity index (χ3n) is 3.65. The highest BCUT2D eigenvalue weighted by Gasteiger charge is 2.33. The van der Waals surface area contributed by atoms with Gasteiger partial charge < -0.3 is 10.1 Å². The Bertz CT molecular complexity index is 831. The van der Waals surface area contributed by atoms with Gasteiger partial charge in [0.2, 0.25) is 5.91 Å². The monoisotopic (exact) mass is 403 g/mol. The summed E-state index contributed by atoms with van der Waals surface area (Å²) in [4.78, 5) is 35.9. The lowest BCUT2D eigenvalue weighted by Crippen LogP contribution is -2.42. The maximum atomic E-state index is 14.0. The highest BCUT2D eigenvalue weighted by atomic mass is 19.2. The number of halogens is 4. The molecule has 2 amide bonds. The second kappa shape index (κ2) is 8.36. The minimum absolute atomic E-state index is 0.0174. The molecule has 0 aliphatic carbocycles. The van der Waals surface area contributed by atoms with Gasteiger partial charge in [0.15, 0.2) is 29.4 Å². The summed E-state index contributed by atoms with van der Waals surface area (Å²) in [6, 6.07) is -0.223. The lowest BCUT2D eigenvalue weighted by Gasteiger charge is -2.24. The molecule has 1 atom stereocenters. The second-order valence-corrected chi connectivity index (χ2v) is 6.28. The smallest absolute Gasteiger partial charge is 0.355 e. The normalized spacial score (nSPS) is 15.4. The molecule has 1 heterocycles. The Labute approximate surface area is 157 Å². The number of rotatable bonds is 5. The molecule has 0 fully saturated rings. The van der Waals surface area contributed by atoms with E-state index in [-0.39, 0.29) is 23.5 Å². The molecule has 1 aromatic carbocycles. The zero-order valence-corrected chi connectivity index (χ0v) is 15.2. The van der Waals surface area contributed by atoms with Gasteiger partial charge in [0.25, 0.3) is 5.91 Å². The molecule has 0 saturated carbocycles. The number of benzene rings is 1. The predicted octanol–water partition coefficient (Wildman–Crippen LogP) is 2.18. The van der Waals surface area contributed by atoms with Crippen molar-refractivity contribution in [3.63, 3.8) is 0 Å². The molecular weight excluding hydrogens is 386 g/mol. The molecule has 1 N–H and O–H groups in total. The van der Waals surface area contributed by atoms with Crippen LogP contribution in [0.1, 0.15) is 33.6 Å². The Balaban J connectivity index is 2.30. The van der Waals surface area contributed by atoms with Gasteiger partial charge in [-0.3, -0.25) is 9.59 Å². The van der Waals surface area contributed by atoms with E-state index in [1.54, 1.807) is 13.8 Å². The average Bonchev–Trinajstić information content (AvgIpc) is 2.61. The number of nitrogens with one attached hydrogen (secondary N) is 1. The first-order valence-electron chi connectivity index (χ1n) is 8.27. The molecule has 0 saturated heterocycles. The van der Waals surface area contributed by atoms with Crippen LogP contribution >= 0.6 is 0 Å². The van der Waals surface area contributed by atoms with Gasteiger partial charge in [-0.15, -0.1) is 0 Å². The summed E-state index contributed by atoms with van der Waals surface area (Å²) in [5.41, 5.74) is -1.81. The summed E-state index contributed by atoms with van der Waals surface area (Å²) >= 11 is 0. The quantitative estimate of drug-likeness (QED) is 0.464. The molecule has 7 nitrogen and oxygen atoms in total. The van der Waals surface area contributed by atoms with Crippen molar-refractivity contribution in [3.05, 3.63) is 29.3 Å². The van der Waals surface area contributed by atoms with Gasteiger partial charge in [0.1, 0.15) is 11.4 Å². The highest BCUT2D eigenvalue weighted by Crippen LogP contribution is 2.30. The number of hydrogen-bond donors (Lipinski definition) is 1. The number of anilines is 1. The van der Waals surface area contributed by atoms with Crippen LogP contribution in [0.5, 0.6) is 0 Å². The Kier molecular flexibility index (Phi) is 6.37. The van der Waals surface area contributed by atoms with Crippen molar-refractivity contribution >= 4 is 29.2 Å². The topological polar surface area (TPSA) is 88.1 Å². The van der Waals surface area contributed by atoms with Crippen molar-refractivity contribution in [3.8, 4) is 0 Å². The van der Waals surface area contributed by atoms with Crippen molar-refractivity contribution in [2.24, 2.45) is 5.10 Å². The van der Waals surface area contributed by atoms with E-state index >= 15 is 0 Å². The van der Waals surface area contributed by atoms with E-state index in [0.717, 1.165) is 0 Å². The first-order chi connectivity index (χ1) is 13.0. The van der Waals surface area contributed by atoms with E-state index < -0.39 is 65.0 Å². The van der Waals surface area contributed by atoms with Gasteiger partial charge in [-0.2, -0.15) is 10.1 Å². The second-order valence-electron chi connectivity index (χ2n) is 6.28. The van der Waals surface area contributed by atoms with E-state index in [9.17, 15) is 31.9 Å². The van der Waals surface area contributed by atoms with Crippen molar-refractivity contribution in [1.82, 2.24) is 5.32 Å². The first kappa shape index (κ1) is 21.3. The van der Waals surface area contributed by atoms with Crippen LogP contribution in [0, 0.1) is 23.3 Å². The number of amides is 2.